The van der Waals surface area contributed by atoms with Crippen LogP contribution in [0.1, 0.15) is 81.6 Å². The second-order valence-electron chi connectivity index (χ2n) is 15.2. The molecule has 14 heteroatoms. The zero-order valence-corrected chi connectivity index (χ0v) is 30.3. The summed E-state index contributed by atoms with van der Waals surface area (Å²) in [4.78, 5) is 67.0. The number of nitrogens with two attached hydrogens (primary N) is 1. The van der Waals surface area contributed by atoms with Crippen LogP contribution in [0, 0.1) is 29.1 Å². The summed E-state index contributed by atoms with van der Waals surface area (Å²) >= 11 is 2.07. The molecule has 1 heterocycles. The average molecular weight is 752 g/mol. The van der Waals surface area contributed by atoms with Crippen molar-refractivity contribution in [2.75, 3.05) is 12.3 Å². The first-order valence-corrected chi connectivity index (χ1v) is 18.1. The molecule has 3 rings (SSSR count). The molecule has 5 N–H and O–H groups in total. The van der Waals surface area contributed by atoms with Gasteiger partial charge in [-0.05, 0) is 70.1 Å². The smallest absolute Gasteiger partial charge is 0.315 e. The molecule has 0 aromatic carbocycles. The van der Waals surface area contributed by atoms with Crippen molar-refractivity contribution in [3.8, 4) is 0 Å². The first kappa shape index (κ1) is 36.5. The molecule has 1 saturated heterocycles. The normalized spacial score (nSPS) is 25.0. The standard InChI is InChI=1S/C30H50IN5O7S/c1-15(2)19(14-44(42,43)28(3,4)5)34-27(41)35-23(30(8,9)31)26(40)36-13-17-20(29(17,6)7)21(36)25(39)33-18(12-16-10-11-16)22(37)24(32)38/h15-21,23H,10-14H2,1-9H3,(H2,32,38)(H,33,39)(H2,34,35,41)/t17?,18?,19-,20?,21+,23-/m1/s1. The Morgan fingerprint density at radius 2 is 1.57 bits per heavy atom. The molecule has 0 bridgehead atoms. The Balaban J connectivity index is 1.82. The van der Waals surface area contributed by atoms with E-state index in [0.717, 1.165) is 12.8 Å². The molecular formula is C30H50IN5O7S. The fraction of sp³-hybridized carbons (Fsp3) is 0.833. The number of amides is 5. The number of fused-ring (bicyclic) bond motifs is 1. The van der Waals surface area contributed by atoms with Crippen molar-refractivity contribution in [1.29, 1.82) is 0 Å². The van der Waals surface area contributed by atoms with E-state index >= 15 is 0 Å². The molecule has 0 aromatic rings. The van der Waals surface area contributed by atoms with Crippen molar-refractivity contribution in [3.63, 3.8) is 0 Å². The van der Waals surface area contributed by atoms with Gasteiger partial charge in [0.25, 0.3) is 5.91 Å². The van der Waals surface area contributed by atoms with E-state index in [9.17, 15) is 32.4 Å². The van der Waals surface area contributed by atoms with E-state index in [1.165, 1.54) is 4.90 Å². The number of piperidine rings is 1. The molecule has 44 heavy (non-hydrogen) atoms. The molecule has 2 saturated carbocycles. The number of primary amides is 1. The van der Waals surface area contributed by atoms with Crippen LogP contribution in [0.4, 0.5) is 4.79 Å². The molecule has 2 aliphatic carbocycles. The number of alkyl halides is 1. The van der Waals surface area contributed by atoms with Crippen LogP contribution in [-0.4, -0.2) is 87.5 Å². The number of likely N-dealkylation sites (tertiary alicyclic amines) is 1. The summed E-state index contributed by atoms with van der Waals surface area (Å²) in [5.41, 5.74) is 5.07. The highest BCUT2D eigenvalue weighted by atomic mass is 127. The number of carbonyl (C=O) groups is 5. The van der Waals surface area contributed by atoms with Crippen molar-refractivity contribution in [3.05, 3.63) is 0 Å². The lowest BCUT2D eigenvalue weighted by Crippen LogP contribution is -2.63. The third kappa shape index (κ3) is 8.05. The fourth-order valence-corrected chi connectivity index (χ4v) is 7.94. The zero-order chi connectivity index (χ0) is 33.7. The Bertz CT molecular complexity index is 1280. The first-order valence-electron chi connectivity index (χ1n) is 15.3. The number of hydrogen-bond acceptors (Lipinski definition) is 7. The lowest BCUT2D eigenvalue weighted by atomic mass is 9.96. The topological polar surface area (TPSA) is 185 Å². The Morgan fingerprint density at radius 1 is 1.00 bits per heavy atom. The summed E-state index contributed by atoms with van der Waals surface area (Å²) in [6.07, 6.45) is 2.13. The minimum Gasteiger partial charge on any atom is -0.363 e. The molecular weight excluding hydrogens is 701 g/mol. The Morgan fingerprint density at radius 3 is 2.02 bits per heavy atom. The first-order chi connectivity index (χ1) is 19.9. The van der Waals surface area contributed by atoms with E-state index in [1.54, 1.807) is 34.6 Å². The summed E-state index contributed by atoms with van der Waals surface area (Å²) in [5.74, 6) is -3.27. The quantitative estimate of drug-likeness (QED) is 0.126. The van der Waals surface area contributed by atoms with Gasteiger partial charge >= 0.3 is 6.03 Å². The van der Waals surface area contributed by atoms with Gasteiger partial charge in [-0.1, -0.05) is 63.1 Å². The van der Waals surface area contributed by atoms with Gasteiger partial charge in [0.1, 0.15) is 12.1 Å². The summed E-state index contributed by atoms with van der Waals surface area (Å²) in [7, 11) is -3.55. The SMILES string of the molecule is CC(C)[C@@H](CS(=O)(=O)C(C)(C)C)NC(=O)N[C@H](C(=O)N1CC2C([C@H]1C(=O)NC(CC1CC1)C(=O)C(N)=O)C2(C)C)C(C)(C)I. The average Bonchev–Trinajstić information content (AvgIpc) is 3.71. The molecule has 3 unspecified atom stereocenters. The summed E-state index contributed by atoms with van der Waals surface area (Å²) in [6.45, 7) is 16.4. The van der Waals surface area contributed by atoms with Gasteiger partial charge in [-0.3, -0.25) is 19.2 Å². The van der Waals surface area contributed by atoms with Gasteiger partial charge in [-0.15, -0.1) is 0 Å². The van der Waals surface area contributed by atoms with Crippen molar-refractivity contribution in [2.24, 2.45) is 34.8 Å². The van der Waals surface area contributed by atoms with Gasteiger partial charge in [-0.25, -0.2) is 13.2 Å². The number of nitrogens with zero attached hydrogens (tertiary/aromatic N) is 1. The number of ketones is 1. The highest BCUT2D eigenvalue weighted by Crippen LogP contribution is 2.65. The molecule has 250 valence electrons. The van der Waals surface area contributed by atoms with Crippen LogP contribution >= 0.6 is 22.6 Å². The van der Waals surface area contributed by atoms with Gasteiger partial charge in [-0.2, -0.15) is 0 Å². The number of nitrogens with one attached hydrogen (secondary N) is 3. The van der Waals surface area contributed by atoms with Gasteiger partial charge in [0.15, 0.2) is 9.84 Å². The van der Waals surface area contributed by atoms with Crippen LogP contribution in [0.25, 0.3) is 0 Å². The molecule has 3 aliphatic rings. The van der Waals surface area contributed by atoms with Gasteiger partial charge in [0, 0.05) is 16.0 Å². The van der Waals surface area contributed by atoms with Crippen molar-refractivity contribution in [2.45, 2.75) is 114 Å². The molecule has 1 aliphatic heterocycles. The molecule has 5 amide bonds. The second-order valence-corrected chi connectivity index (χ2v) is 20.8. The van der Waals surface area contributed by atoms with Gasteiger partial charge in [0.2, 0.25) is 17.6 Å². The zero-order valence-electron chi connectivity index (χ0n) is 27.3. The van der Waals surface area contributed by atoms with Crippen LogP contribution in [0.15, 0.2) is 0 Å². The Hall–Kier alpha value is -1.97. The number of sulfone groups is 1. The predicted octanol–water partition coefficient (Wildman–Crippen LogP) is 1.93. The summed E-state index contributed by atoms with van der Waals surface area (Å²) in [5, 5.41) is 8.28. The number of hydrogen-bond donors (Lipinski definition) is 4. The second kappa shape index (κ2) is 12.7. The van der Waals surface area contributed by atoms with E-state index in [1.807, 2.05) is 27.7 Å². The highest BCUT2D eigenvalue weighted by molar-refractivity contribution is 14.1. The van der Waals surface area contributed by atoms with E-state index in [2.05, 4.69) is 38.5 Å². The van der Waals surface area contributed by atoms with Crippen LogP contribution in [0.5, 0.6) is 0 Å². The van der Waals surface area contributed by atoms with Crippen LogP contribution < -0.4 is 21.7 Å². The summed E-state index contributed by atoms with van der Waals surface area (Å²) in [6, 6.07) is -4.38. The lowest BCUT2D eigenvalue weighted by molar-refractivity contribution is -0.143. The largest absolute Gasteiger partial charge is 0.363 e. The van der Waals surface area contributed by atoms with E-state index in [-0.39, 0.29) is 34.8 Å². The maximum Gasteiger partial charge on any atom is 0.315 e. The minimum absolute atomic E-state index is 0.0515. The molecule has 6 atom stereocenters. The molecule has 0 aromatic heterocycles. The van der Waals surface area contributed by atoms with Crippen LogP contribution in [-0.2, 0) is 29.0 Å². The number of urea groups is 1. The number of halogens is 1. The van der Waals surface area contributed by atoms with E-state index in [4.69, 9.17) is 5.73 Å². The molecule has 0 radical (unpaired) electrons. The van der Waals surface area contributed by atoms with E-state index < -0.39 is 71.7 Å². The van der Waals surface area contributed by atoms with Crippen molar-refractivity contribution < 1.29 is 32.4 Å². The minimum atomic E-state index is -3.55. The van der Waals surface area contributed by atoms with Crippen molar-refractivity contribution >= 4 is 62.0 Å². The maximum atomic E-state index is 14.2. The third-order valence-corrected chi connectivity index (χ3v) is 12.9. The monoisotopic (exact) mass is 751 g/mol. The fourth-order valence-electron chi connectivity index (χ4n) is 6.08. The number of Topliss-reactive ketones (excluding diaryl/α,β-unsaturated/α-hetero) is 1. The van der Waals surface area contributed by atoms with Gasteiger partial charge in [0.05, 0.1) is 16.5 Å². The van der Waals surface area contributed by atoms with Crippen LogP contribution in [0.3, 0.4) is 0 Å². The molecule has 3 fully saturated rings. The Kier molecular flexibility index (Phi) is 10.5. The van der Waals surface area contributed by atoms with Crippen molar-refractivity contribution in [1.82, 2.24) is 20.9 Å². The van der Waals surface area contributed by atoms with Gasteiger partial charge < -0.3 is 26.6 Å². The third-order valence-electron chi connectivity index (χ3n) is 9.56. The van der Waals surface area contributed by atoms with Crippen LogP contribution in [0.2, 0.25) is 0 Å². The number of rotatable bonds is 13. The summed E-state index contributed by atoms with van der Waals surface area (Å²) < 4.78 is 24.0. The number of carbonyl (C=O) groups excluding carboxylic acids is 5. The predicted molar refractivity (Wildman–Crippen MR) is 175 cm³/mol. The maximum absolute atomic E-state index is 14.2. The highest BCUT2D eigenvalue weighted by Gasteiger charge is 2.70. The lowest BCUT2D eigenvalue weighted by Gasteiger charge is -2.37. The Labute approximate surface area is 275 Å². The molecule has 12 nitrogen and oxygen atoms in total. The molecule has 0 spiro atoms. The van der Waals surface area contributed by atoms with E-state index in [0.29, 0.717) is 13.0 Å².